The molecule has 1 amide bonds. The molecule has 1 N–H and O–H groups in total. The van der Waals surface area contributed by atoms with Crippen molar-refractivity contribution < 1.29 is 9.53 Å². The Bertz CT molecular complexity index is 1120. The van der Waals surface area contributed by atoms with Crippen LogP contribution in [0.25, 0.3) is 23.0 Å². The van der Waals surface area contributed by atoms with Crippen molar-refractivity contribution in [2.75, 3.05) is 7.05 Å². The number of benzene rings is 2. The molecule has 0 saturated heterocycles. The lowest BCUT2D eigenvalue weighted by atomic mass is 10.0. The fraction of sp³-hybridized carbons (Fsp3) is 0.208. The van der Waals surface area contributed by atoms with E-state index in [-0.39, 0.29) is 11.7 Å². The summed E-state index contributed by atoms with van der Waals surface area (Å²) >= 11 is 0. The summed E-state index contributed by atoms with van der Waals surface area (Å²) in [6.45, 7) is 5.95. The highest BCUT2D eigenvalue weighted by Crippen LogP contribution is 2.30. The minimum atomic E-state index is -0.437. The van der Waals surface area contributed by atoms with E-state index in [2.05, 4.69) is 5.32 Å². The van der Waals surface area contributed by atoms with Gasteiger partial charge >= 0.3 is 0 Å². The highest BCUT2D eigenvalue weighted by Gasteiger charge is 2.15. The highest BCUT2D eigenvalue weighted by atomic mass is 16.5. The van der Waals surface area contributed by atoms with Gasteiger partial charge in [-0.15, -0.1) is 0 Å². The number of hydrogen-bond donors (Lipinski definition) is 1. The highest BCUT2D eigenvalue weighted by molar-refractivity contribution is 6.02. The monoisotopic (exact) mass is 400 g/mol. The number of aromatic nitrogens is 2. The zero-order chi connectivity index (χ0) is 21.7. The van der Waals surface area contributed by atoms with Gasteiger partial charge < -0.3 is 10.1 Å². The standard InChI is InChI=1S/C24H24N4O2/c1-16(2)30-22-11-10-18(12-17(22)3)23-20(13-19(14-25)24(29)26-4)15-28(27-23)21-8-6-5-7-9-21/h5-13,15-16H,1-4H3,(H,26,29)/b19-13-. The molecule has 0 aliphatic carbocycles. The smallest absolute Gasteiger partial charge is 0.261 e. The van der Waals surface area contributed by atoms with E-state index in [1.165, 1.54) is 7.05 Å². The van der Waals surface area contributed by atoms with Crippen LogP contribution >= 0.6 is 0 Å². The van der Waals surface area contributed by atoms with Crippen molar-refractivity contribution in [3.05, 3.63) is 71.4 Å². The molecule has 0 bridgehead atoms. The summed E-state index contributed by atoms with van der Waals surface area (Å²) < 4.78 is 7.58. The van der Waals surface area contributed by atoms with Crippen LogP contribution in [0.2, 0.25) is 0 Å². The summed E-state index contributed by atoms with van der Waals surface area (Å²) in [5, 5.41) is 16.7. The fourth-order valence-electron chi connectivity index (χ4n) is 3.05. The molecule has 0 aliphatic heterocycles. The predicted octanol–water partition coefficient (Wildman–Crippen LogP) is 4.29. The molecule has 6 heteroatoms. The Labute approximate surface area is 176 Å². The van der Waals surface area contributed by atoms with Gasteiger partial charge in [-0.25, -0.2) is 4.68 Å². The summed E-state index contributed by atoms with van der Waals surface area (Å²) in [7, 11) is 1.50. The molecular weight excluding hydrogens is 376 g/mol. The molecule has 0 saturated carbocycles. The molecule has 2 aromatic carbocycles. The predicted molar refractivity (Wildman–Crippen MR) is 117 cm³/mol. The van der Waals surface area contributed by atoms with E-state index in [4.69, 9.17) is 9.84 Å². The number of carbonyl (C=O) groups is 1. The third kappa shape index (κ3) is 4.58. The zero-order valence-electron chi connectivity index (χ0n) is 17.5. The van der Waals surface area contributed by atoms with Gasteiger partial charge in [-0.05, 0) is 62.7 Å². The summed E-state index contributed by atoms with van der Waals surface area (Å²) in [5.74, 6) is 0.379. The number of carbonyl (C=O) groups excluding carboxylic acids is 1. The molecule has 152 valence electrons. The van der Waals surface area contributed by atoms with Crippen LogP contribution in [0.1, 0.15) is 25.0 Å². The second kappa shape index (κ2) is 9.10. The average Bonchev–Trinajstić information content (AvgIpc) is 3.17. The Hall–Kier alpha value is -3.85. The Balaban J connectivity index is 2.14. The quantitative estimate of drug-likeness (QED) is 0.494. The lowest BCUT2D eigenvalue weighted by molar-refractivity contribution is -0.116. The van der Waals surface area contributed by atoms with E-state index in [1.54, 1.807) is 10.8 Å². The van der Waals surface area contributed by atoms with Crippen molar-refractivity contribution >= 4 is 12.0 Å². The largest absolute Gasteiger partial charge is 0.491 e. The normalized spacial score (nSPS) is 11.3. The number of hydrogen-bond acceptors (Lipinski definition) is 4. The molecule has 3 aromatic rings. The Morgan fingerprint density at radius 3 is 2.57 bits per heavy atom. The Kier molecular flexibility index (Phi) is 6.33. The van der Waals surface area contributed by atoms with Crippen molar-refractivity contribution in [2.45, 2.75) is 26.9 Å². The average molecular weight is 400 g/mol. The second-order valence-electron chi connectivity index (χ2n) is 7.11. The molecule has 3 rings (SSSR count). The van der Waals surface area contributed by atoms with Crippen LogP contribution in [0, 0.1) is 18.3 Å². The molecule has 30 heavy (non-hydrogen) atoms. The van der Waals surface area contributed by atoms with Gasteiger partial charge in [0.15, 0.2) is 0 Å². The van der Waals surface area contributed by atoms with Gasteiger partial charge in [-0.2, -0.15) is 10.4 Å². The van der Waals surface area contributed by atoms with E-state index in [9.17, 15) is 10.1 Å². The van der Waals surface area contributed by atoms with Crippen LogP contribution in [-0.2, 0) is 4.79 Å². The number of ether oxygens (including phenoxy) is 1. The lowest BCUT2D eigenvalue weighted by Crippen LogP contribution is -2.19. The molecular formula is C24H24N4O2. The van der Waals surface area contributed by atoms with Crippen molar-refractivity contribution in [1.82, 2.24) is 15.1 Å². The minimum Gasteiger partial charge on any atom is -0.491 e. The van der Waals surface area contributed by atoms with Crippen molar-refractivity contribution in [3.63, 3.8) is 0 Å². The second-order valence-corrected chi connectivity index (χ2v) is 7.11. The van der Waals surface area contributed by atoms with Crippen molar-refractivity contribution in [2.24, 2.45) is 0 Å². The van der Waals surface area contributed by atoms with Crippen LogP contribution < -0.4 is 10.1 Å². The summed E-state index contributed by atoms with van der Waals surface area (Å²) in [6, 6.07) is 17.5. The zero-order valence-corrected chi connectivity index (χ0v) is 17.5. The van der Waals surface area contributed by atoms with E-state index in [1.807, 2.05) is 81.6 Å². The molecule has 6 nitrogen and oxygen atoms in total. The molecule has 0 aliphatic rings. The van der Waals surface area contributed by atoms with Crippen LogP contribution in [0.5, 0.6) is 5.75 Å². The van der Waals surface area contributed by atoms with Gasteiger partial charge in [-0.3, -0.25) is 4.79 Å². The van der Waals surface area contributed by atoms with E-state index < -0.39 is 5.91 Å². The maximum Gasteiger partial charge on any atom is 0.261 e. The number of aryl methyl sites for hydroxylation is 1. The lowest BCUT2D eigenvalue weighted by Gasteiger charge is -2.13. The number of para-hydroxylation sites is 1. The molecule has 0 atom stereocenters. The van der Waals surface area contributed by atoms with Crippen LogP contribution in [0.15, 0.2) is 60.3 Å². The first kappa shape index (κ1) is 20.9. The van der Waals surface area contributed by atoms with Gasteiger partial charge in [0, 0.05) is 24.4 Å². The molecule has 0 radical (unpaired) electrons. The van der Waals surface area contributed by atoms with Gasteiger partial charge in [-0.1, -0.05) is 18.2 Å². The van der Waals surface area contributed by atoms with E-state index in [0.29, 0.717) is 11.3 Å². The number of nitrogens with zero attached hydrogens (tertiary/aromatic N) is 3. The summed E-state index contributed by atoms with van der Waals surface area (Å²) in [4.78, 5) is 12.0. The number of likely N-dealkylation sites (N-methyl/N-ethyl adjacent to an activating group) is 1. The maximum absolute atomic E-state index is 12.0. The van der Waals surface area contributed by atoms with Gasteiger partial charge in [0.05, 0.1) is 11.8 Å². The molecule has 0 fully saturated rings. The Morgan fingerprint density at radius 2 is 1.97 bits per heavy atom. The Morgan fingerprint density at radius 1 is 1.23 bits per heavy atom. The first-order chi connectivity index (χ1) is 14.4. The first-order valence-corrected chi connectivity index (χ1v) is 9.69. The van der Waals surface area contributed by atoms with Crippen LogP contribution in [-0.4, -0.2) is 28.8 Å². The topological polar surface area (TPSA) is 79.9 Å². The van der Waals surface area contributed by atoms with Crippen LogP contribution in [0.3, 0.4) is 0 Å². The summed E-state index contributed by atoms with van der Waals surface area (Å²) in [6.07, 6.45) is 3.46. The first-order valence-electron chi connectivity index (χ1n) is 9.69. The van der Waals surface area contributed by atoms with Gasteiger partial charge in [0.2, 0.25) is 0 Å². The number of nitriles is 1. The SMILES string of the molecule is CNC(=O)/C(C#N)=C\c1cn(-c2ccccc2)nc1-c1ccc(OC(C)C)c(C)c1. The van der Waals surface area contributed by atoms with Crippen LogP contribution in [0.4, 0.5) is 0 Å². The summed E-state index contributed by atoms with van der Waals surface area (Å²) in [5.41, 5.74) is 4.11. The van der Waals surface area contributed by atoms with Gasteiger partial charge in [0.25, 0.3) is 5.91 Å². The van der Waals surface area contributed by atoms with Gasteiger partial charge in [0.1, 0.15) is 23.1 Å². The molecule has 1 heterocycles. The van der Waals surface area contributed by atoms with E-state index >= 15 is 0 Å². The maximum atomic E-state index is 12.0. The third-order valence-corrected chi connectivity index (χ3v) is 4.47. The van der Waals surface area contributed by atoms with Crippen molar-refractivity contribution in [1.29, 1.82) is 5.26 Å². The minimum absolute atomic E-state index is 0.0165. The molecule has 0 spiro atoms. The fourth-order valence-corrected chi connectivity index (χ4v) is 3.05. The molecule has 1 aromatic heterocycles. The van der Waals surface area contributed by atoms with E-state index in [0.717, 1.165) is 22.6 Å². The number of rotatable bonds is 6. The number of amides is 1. The third-order valence-electron chi connectivity index (χ3n) is 4.47. The number of nitrogens with one attached hydrogen (secondary N) is 1. The van der Waals surface area contributed by atoms with Crippen molar-refractivity contribution in [3.8, 4) is 28.8 Å². The molecule has 0 unspecified atom stereocenters.